The van der Waals surface area contributed by atoms with Gasteiger partial charge in [0, 0.05) is 6.42 Å². The van der Waals surface area contributed by atoms with Crippen molar-refractivity contribution in [2.45, 2.75) is 18.6 Å². The smallest absolute Gasteiger partial charge is 0.195 e. The number of phenols is 1. The van der Waals surface area contributed by atoms with Crippen molar-refractivity contribution in [3.63, 3.8) is 0 Å². The highest BCUT2D eigenvalue weighted by molar-refractivity contribution is 6.04. The van der Waals surface area contributed by atoms with E-state index in [4.69, 9.17) is 0 Å². The average molecular weight is 194 g/mol. The molecule has 0 aliphatic heterocycles. The number of carbonyl (C=O) groups excluding carboxylic acids is 1. The van der Waals surface area contributed by atoms with Crippen molar-refractivity contribution in [3.05, 3.63) is 29.3 Å². The number of Topliss-reactive ketones (excluding diaryl/α,β-unsaturated/α-hetero) is 1. The molecule has 0 unspecified atom stereocenters. The van der Waals surface area contributed by atoms with E-state index in [1.165, 1.54) is 6.07 Å². The zero-order valence-electron chi connectivity index (χ0n) is 7.34. The fourth-order valence-electron chi connectivity index (χ4n) is 1.72. The molecule has 74 valence electrons. The molecule has 2 atom stereocenters. The second-order valence-electron chi connectivity index (χ2n) is 3.37. The standard InChI is InChI=1S/C10H10O4/c11-6-3-1-2-5-7(12)4-8(13)10(14)9(5)6/h1-3,7-8,11-13H,4H2/t7-,8+/m1/s1. The minimum absolute atomic E-state index is 0.00468. The molecule has 2 rings (SSSR count). The first kappa shape index (κ1) is 9.18. The number of hydrogen-bond acceptors (Lipinski definition) is 4. The van der Waals surface area contributed by atoms with Gasteiger partial charge in [0.05, 0.1) is 11.7 Å². The minimum Gasteiger partial charge on any atom is -0.507 e. The van der Waals surface area contributed by atoms with Crippen LogP contribution in [0.25, 0.3) is 0 Å². The summed E-state index contributed by atoms with van der Waals surface area (Å²) in [4.78, 5) is 11.5. The summed E-state index contributed by atoms with van der Waals surface area (Å²) in [6, 6.07) is 4.49. The van der Waals surface area contributed by atoms with Gasteiger partial charge in [0.1, 0.15) is 11.9 Å². The Morgan fingerprint density at radius 2 is 1.93 bits per heavy atom. The van der Waals surface area contributed by atoms with E-state index in [0.29, 0.717) is 5.56 Å². The van der Waals surface area contributed by atoms with E-state index >= 15 is 0 Å². The lowest BCUT2D eigenvalue weighted by Crippen LogP contribution is -2.29. The number of benzene rings is 1. The van der Waals surface area contributed by atoms with Crippen LogP contribution in [0.1, 0.15) is 28.4 Å². The number of rotatable bonds is 0. The van der Waals surface area contributed by atoms with Crippen LogP contribution >= 0.6 is 0 Å². The first-order valence-electron chi connectivity index (χ1n) is 4.33. The third-order valence-electron chi connectivity index (χ3n) is 2.43. The molecule has 0 radical (unpaired) electrons. The summed E-state index contributed by atoms with van der Waals surface area (Å²) in [5.74, 6) is -0.714. The first-order chi connectivity index (χ1) is 6.61. The summed E-state index contributed by atoms with van der Waals surface area (Å²) in [6.45, 7) is 0. The van der Waals surface area contributed by atoms with Gasteiger partial charge in [-0.25, -0.2) is 0 Å². The SMILES string of the molecule is O=C1c2c(O)cccc2[C@H](O)C[C@@H]1O. The number of hydrogen-bond donors (Lipinski definition) is 3. The summed E-state index contributed by atoms with van der Waals surface area (Å²) in [6.07, 6.45) is -2.11. The topological polar surface area (TPSA) is 77.8 Å². The Labute approximate surface area is 80.4 Å². The molecule has 0 bridgehead atoms. The number of aliphatic hydroxyl groups excluding tert-OH is 2. The molecular weight excluding hydrogens is 184 g/mol. The van der Waals surface area contributed by atoms with Crippen molar-refractivity contribution in [1.82, 2.24) is 0 Å². The Morgan fingerprint density at radius 1 is 1.21 bits per heavy atom. The molecule has 1 aliphatic rings. The van der Waals surface area contributed by atoms with Crippen molar-refractivity contribution in [3.8, 4) is 5.75 Å². The van der Waals surface area contributed by atoms with Crippen LogP contribution in [0.5, 0.6) is 5.75 Å². The van der Waals surface area contributed by atoms with E-state index in [2.05, 4.69) is 0 Å². The number of carbonyl (C=O) groups is 1. The zero-order chi connectivity index (χ0) is 10.3. The monoisotopic (exact) mass is 194 g/mol. The minimum atomic E-state index is -1.22. The van der Waals surface area contributed by atoms with Crippen LogP contribution in [0.2, 0.25) is 0 Å². The quantitative estimate of drug-likeness (QED) is 0.557. The summed E-state index contributed by atoms with van der Waals surface area (Å²) < 4.78 is 0. The fraction of sp³-hybridized carbons (Fsp3) is 0.300. The van der Waals surface area contributed by atoms with Gasteiger partial charge in [0.15, 0.2) is 5.78 Å². The van der Waals surface area contributed by atoms with Crippen molar-refractivity contribution in [2.24, 2.45) is 0 Å². The van der Waals surface area contributed by atoms with E-state index in [9.17, 15) is 20.1 Å². The van der Waals surface area contributed by atoms with Gasteiger partial charge in [-0.15, -0.1) is 0 Å². The lowest BCUT2D eigenvalue weighted by molar-refractivity contribution is 0.0480. The van der Waals surface area contributed by atoms with Crippen molar-refractivity contribution >= 4 is 5.78 Å². The third-order valence-corrected chi connectivity index (χ3v) is 2.43. The summed E-state index contributed by atoms with van der Waals surface area (Å²) >= 11 is 0. The predicted octanol–water partition coefficient (Wildman–Crippen LogP) is 0.373. The normalized spacial score (nSPS) is 26.0. The highest BCUT2D eigenvalue weighted by Gasteiger charge is 2.33. The van der Waals surface area contributed by atoms with E-state index in [1.54, 1.807) is 12.1 Å². The van der Waals surface area contributed by atoms with E-state index in [0.717, 1.165) is 0 Å². The van der Waals surface area contributed by atoms with Gasteiger partial charge in [-0.05, 0) is 11.6 Å². The van der Waals surface area contributed by atoms with Crippen LogP contribution in [-0.2, 0) is 0 Å². The molecule has 0 saturated heterocycles. The van der Waals surface area contributed by atoms with Gasteiger partial charge < -0.3 is 15.3 Å². The van der Waals surface area contributed by atoms with Crippen LogP contribution in [0, 0.1) is 0 Å². The van der Waals surface area contributed by atoms with Crippen LogP contribution in [0.3, 0.4) is 0 Å². The Kier molecular flexibility index (Phi) is 2.02. The highest BCUT2D eigenvalue weighted by Crippen LogP contribution is 2.34. The molecule has 0 spiro atoms. The van der Waals surface area contributed by atoms with Crippen LogP contribution < -0.4 is 0 Å². The largest absolute Gasteiger partial charge is 0.507 e. The molecule has 1 aromatic rings. The second-order valence-corrected chi connectivity index (χ2v) is 3.37. The van der Waals surface area contributed by atoms with Gasteiger partial charge in [-0.1, -0.05) is 12.1 Å². The maximum absolute atomic E-state index is 11.5. The molecule has 3 N–H and O–H groups in total. The molecule has 0 fully saturated rings. The van der Waals surface area contributed by atoms with Gasteiger partial charge in [-0.2, -0.15) is 0 Å². The molecular formula is C10H10O4. The molecule has 0 aromatic heterocycles. The van der Waals surface area contributed by atoms with Crippen LogP contribution in [0.15, 0.2) is 18.2 Å². The third kappa shape index (κ3) is 1.20. The molecule has 1 aliphatic carbocycles. The Hall–Kier alpha value is -1.39. The molecule has 1 aromatic carbocycles. The predicted molar refractivity (Wildman–Crippen MR) is 48.0 cm³/mol. The Morgan fingerprint density at radius 3 is 2.64 bits per heavy atom. The van der Waals surface area contributed by atoms with Gasteiger partial charge in [0.2, 0.25) is 0 Å². The number of phenolic OH excluding ortho intramolecular Hbond substituents is 1. The van der Waals surface area contributed by atoms with Crippen LogP contribution in [-0.4, -0.2) is 27.2 Å². The van der Waals surface area contributed by atoms with Gasteiger partial charge in [0.25, 0.3) is 0 Å². The van der Waals surface area contributed by atoms with E-state index in [-0.39, 0.29) is 17.7 Å². The lowest BCUT2D eigenvalue weighted by atomic mass is 9.86. The zero-order valence-corrected chi connectivity index (χ0v) is 7.34. The number of aromatic hydroxyl groups is 1. The maximum atomic E-state index is 11.5. The second kappa shape index (κ2) is 3.08. The van der Waals surface area contributed by atoms with Gasteiger partial charge >= 0.3 is 0 Å². The van der Waals surface area contributed by atoms with Crippen molar-refractivity contribution < 1.29 is 20.1 Å². The van der Waals surface area contributed by atoms with Crippen molar-refractivity contribution in [2.75, 3.05) is 0 Å². The molecule has 0 saturated carbocycles. The van der Waals surface area contributed by atoms with Gasteiger partial charge in [-0.3, -0.25) is 4.79 Å². The highest BCUT2D eigenvalue weighted by atomic mass is 16.3. The summed E-state index contributed by atoms with van der Waals surface area (Å²) in [7, 11) is 0. The van der Waals surface area contributed by atoms with E-state index in [1.807, 2.05) is 0 Å². The average Bonchev–Trinajstić information content (AvgIpc) is 2.14. The summed E-state index contributed by atoms with van der Waals surface area (Å²) in [5.41, 5.74) is 0.430. The molecule has 0 amide bonds. The lowest BCUT2D eigenvalue weighted by Gasteiger charge is -2.24. The number of fused-ring (bicyclic) bond motifs is 1. The molecule has 0 heterocycles. The van der Waals surface area contributed by atoms with Crippen LogP contribution in [0.4, 0.5) is 0 Å². The number of ketones is 1. The maximum Gasteiger partial charge on any atom is 0.195 e. The molecule has 14 heavy (non-hydrogen) atoms. The molecule has 4 nitrogen and oxygen atoms in total. The fourth-order valence-corrected chi connectivity index (χ4v) is 1.72. The molecule has 4 heteroatoms. The van der Waals surface area contributed by atoms with E-state index < -0.39 is 18.0 Å². The first-order valence-corrected chi connectivity index (χ1v) is 4.33. The van der Waals surface area contributed by atoms with Crippen molar-refractivity contribution in [1.29, 1.82) is 0 Å². The number of aliphatic hydroxyl groups is 2. The summed E-state index contributed by atoms with van der Waals surface area (Å²) in [5, 5.41) is 28.3. The Balaban J connectivity index is 2.62. The Bertz CT molecular complexity index is 386.